The lowest BCUT2D eigenvalue weighted by molar-refractivity contribution is -0.131. The number of halogens is 1. The number of fused-ring (bicyclic) bond motifs is 1. The zero-order valence-corrected chi connectivity index (χ0v) is 22.7. The fraction of sp³-hybridized carbons (Fsp3) is 0.357. The van der Waals surface area contributed by atoms with Crippen molar-refractivity contribution in [1.29, 1.82) is 0 Å². The normalized spacial score (nSPS) is 11.7. The van der Waals surface area contributed by atoms with Gasteiger partial charge in [0.15, 0.2) is 13.2 Å². The molecule has 0 aliphatic heterocycles. The number of benzene rings is 3. The van der Waals surface area contributed by atoms with Gasteiger partial charge in [0.2, 0.25) is 0 Å². The van der Waals surface area contributed by atoms with Gasteiger partial charge in [0, 0.05) is 0 Å². The third-order valence-electron chi connectivity index (χ3n) is 5.54. The summed E-state index contributed by atoms with van der Waals surface area (Å²) in [7, 11) is 0. The van der Waals surface area contributed by atoms with Crippen LogP contribution in [0, 0.1) is 0 Å². The summed E-state index contributed by atoms with van der Waals surface area (Å²) in [5.41, 5.74) is 6.80. The molecular weight excluding hydrogens is 508 g/mol. The molecule has 0 heterocycles. The molecule has 2 N–H and O–H groups in total. The third kappa shape index (κ3) is 6.98. The zero-order valence-electron chi connectivity index (χ0n) is 21.1. The predicted molar refractivity (Wildman–Crippen MR) is 143 cm³/mol. The molecule has 0 bridgehead atoms. The van der Waals surface area contributed by atoms with E-state index in [0.717, 1.165) is 20.8 Å². The van der Waals surface area contributed by atoms with Crippen LogP contribution < -0.4 is 20.3 Å². The molecule has 186 valence electrons. The summed E-state index contributed by atoms with van der Waals surface area (Å²) in [6.07, 6.45) is 0. The van der Waals surface area contributed by atoms with Gasteiger partial charge in [-0.05, 0) is 60.8 Å². The minimum Gasteiger partial charge on any atom is -0.483 e. The molecule has 0 radical (unpaired) electrons. The standard InChI is InChI=1S/C28H33BrN2O4/c1-27(2,3)19-12-14-22(21(15-19)28(4,5)6)34-16-24(32)30-31-25(33)17-35-23-13-11-18-9-7-8-10-20(18)26(23)29/h7-15H,16-17H2,1-6H3,(H,30,32)(H,31,33). The molecule has 3 rings (SSSR count). The van der Waals surface area contributed by atoms with Crippen LogP contribution in [0.3, 0.4) is 0 Å². The summed E-state index contributed by atoms with van der Waals surface area (Å²) in [5.74, 6) is 0.242. The monoisotopic (exact) mass is 540 g/mol. The van der Waals surface area contributed by atoms with Gasteiger partial charge in [-0.25, -0.2) is 0 Å². The van der Waals surface area contributed by atoms with E-state index >= 15 is 0 Å². The number of hydrogen-bond donors (Lipinski definition) is 2. The highest BCUT2D eigenvalue weighted by atomic mass is 79.9. The van der Waals surface area contributed by atoms with Crippen LogP contribution in [-0.2, 0) is 20.4 Å². The molecule has 0 aromatic heterocycles. The zero-order chi connectivity index (χ0) is 25.8. The number of carbonyl (C=O) groups is 2. The molecule has 0 atom stereocenters. The van der Waals surface area contributed by atoms with Gasteiger partial charge in [0.05, 0.1) is 4.47 Å². The van der Waals surface area contributed by atoms with Crippen molar-refractivity contribution < 1.29 is 19.1 Å². The van der Waals surface area contributed by atoms with Crippen LogP contribution in [-0.4, -0.2) is 25.0 Å². The van der Waals surface area contributed by atoms with Gasteiger partial charge in [-0.15, -0.1) is 0 Å². The predicted octanol–water partition coefficient (Wildman–Crippen LogP) is 5.80. The molecule has 0 spiro atoms. The molecule has 0 saturated heterocycles. The third-order valence-corrected chi connectivity index (χ3v) is 6.36. The van der Waals surface area contributed by atoms with Gasteiger partial charge < -0.3 is 9.47 Å². The Morgan fingerprint density at radius 2 is 1.34 bits per heavy atom. The Hall–Kier alpha value is -3.06. The second-order valence-electron chi connectivity index (χ2n) is 10.5. The first kappa shape index (κ1) is 26.5. The smallest absolute Gasteiger partial charge is 0.276 e. The van der Waals surface area contributed by atoms with Gasteiger partial charge in [-0.3, -0.25) is 20.4 Å². The lowest BCUT2D eigenvalue weighted by Gasteiger charge is -2.27. The summed E-state index contributed by atoms with van der Waals surface area (Å²) >= 11 is 3.53. The molecule has 7 heteroatoms. The fourth-order valence-corrected chi connectivity index (χ4v) is 4.14. The maximum atomic E-state index is 12.3. The quantitative estimate of drug-likeness (QED) is 0.387. The Morgan fingerprint density at radius 1 is 0.771 bits per heavy atom. The Bertz CT molecular complexity index is 1230. The number of nitrogens with one attached hydrogen (secondary N) is 2. The van der Waals surface area contributed by atoms with Crippen LogP contribution in [0.4, 0.5) is 0 Å². The van der Waals surface area contributed by atoms with E-state index in [9.17, 15) is 9.59 Å². The van der Waals surface area contributed by atoms with E-state index < -0.39 is 11.8 Å². The Labute approximate surface area is 215 Å². The first-order valence-corrected chi connectivity index (χ1v) is 12.3. The van der Waals surface area contributed by atoms with Gasteiger partial charge in [-0.2, -0.15) is 0 Å². The second-order valence-corrected chi connectivity index (χ2v) is 11.3. The molecule has 6 nitrogen and oxygen atoms in total. The minimum absolute atomic E-state index is 0.00466. The Balaban J connectivity index is 1.53. The van der Waals surface area contributed by atoms with Gasteiger partial charge >= 0.3 is 0 Å². The summed E-state index contributed by atoms with van der Waals surface area (Å²) in [6, 6.07) is 17.6. The topological polar surface area (TPSA) is 76.7 Å². The van der Waals surface area contributed by atoms with E-state index in [1.54, 1.807) is 6.07 Å². The van der Waals surface area contributed by atoms with E-state index in [1.165, 1.54) is 5.56 Å². The SMILES string of the molecule is CC(C)(C)c1ccc(OCC(=O)NNC(=O)COc2ccc3ccccc3c2Br)c(C(C)(C)C)c1. The molecule has 35 heavy (non-hydrogen) atoms. The Morgan fingerprint density at radius 3 is 1.94 bits per heavy atom. The number of ether oxygens (including phenoxy) is 2. The first-order chi connectivity index (χ1) is 16.4. The largest absolute Gasteiger partial charge is 0.483 e. The lowest BCUT2D eigenvalue weighted by Crippen LogP contribution is -2.45. The summed E-state index contributed by atoms with van der Waals surface area (Å²) in [4.78, 5) is 24.5. The van der Waals surface area contributed by atoms with E-state index in [-0.39, 0.29) is 24.0 Å². The fourth-order valence-electron chi connectivity index (χ4n) is 3.53. The van der Waals surface area contributed by atoms with Crippen LogP contribution in [0.5, 0.6) is 11.5 Å². The molecule has 3 aromatic rings. The van der Waals surface area contributed by atoms with Crippen molar-refractivity contribution in [2.24, 2.45) is 0 Å². The van der Waals surface area contributed by atoms with Crippen LogP contribution >= 0.6 is 15.9 Å². The van der Waals surface area contributed by atoms with Crippen LogP contribution in [0.15, 0.2) is 59.1 Å². The highest BCUT2D eigenvalue weighted by molar-refractivity contribution is 9.10. The average Bonchev–Trinajstić information content (AvgIpc) is 2.79. The van der Waals surface area contributed by atoms with Crippen molar-refractivity contribution >= 4 is 38.5 Å². The van der Waals surface area contributed by atoms with E-state index in [4.69, 9.17) is 9.47 Å². The van der Waals surface area contributed by atoms with Crippen molar-refractivity contribution in [3.63, 3.8) is 0 Å². The van der Waals surface area contributed by atoms with Crippen LogP contribution in [0.1, 0.15) is 52.7 Å². The van der Waals surface area contributed by atoms with Crippen molar-refractivity contribution in [3.05, 3.63) is 70.2 Å². The van der Waals surface area contributed by atoms with E-state index in [1.807, 2.05) is 42.5 Å². The maximum absolute atomic E-state index is 12.3. The van der Waals surface area contributed by atoms with Gasteiger partial charge in [0.1, 0.15) is 11.5 Å². The number of rotatable bonds is 6. The molecule has 3 aromatic carbocycles. The average molecular weight is 541 g/mol. The molecule has 0 unspecified atom stereocenters. The van der Waals surface area contributed by atoms with Crippen molar-refractivity contribution in [1.82, 2.24) is 10.9 Å². The summed E-state index contributed by atoms with van der Waals surface area (Å²) in [5, 5.41) is 2.05. The van der Waals surface area contributed by atoms with Gasteiger partial charge in [-0.1, -0.05) is 84.0 Å². The molecule has 2 amide bonds. The van der Waals surface area contributed by atoms with E-state index in [0.29, 0.717) is 11.5 Å². The molecule has 0 saturated carbocycles. The highest BCUT2D eigenvalue weighted by Gasteiger charge is 2.23. The lowest BCUT2D eigenvalue weighted by atomic mass is 9.80. The van der Waals surface area contributed by atoms with Crippen LogP contribution in [0.25, 0.3) is 10.8 Å². The number of hydrazine groups is 1. The van der Waals surface area contributed by atoms with E-state index in [2.05, 4.69) is 74.4 Å². The summed E-state index contributed by atoms with van der Waals surface area (Å²) < 4.78 is 12.2. The molecular formula is C28H33BrN2O4. The number of carbonyl (C=O) groups excluding carboxylic acids is 2. The highest BCUT2D eigenvalue weighted by Crippen LogP contribution is 2.35. The van der Waals surface area contributed by atoms with Crippen molar-refractivity contribution in [3.8, 4) is 11.5 Å². The molecule has 0 aliphatic rings. The van der Waals surface area contributed by atoms with Gasteiger partial charge in [0.25, 0.3) is 11.8 Å². The number of amides is 2. The summed E-state index contributed by atoms with van der Waals surface area (Å²) in [6.45, 7) is 12.3. The number of hydrogen-bond acceptors (Lipinski definition) is 4. The second kappa shape index (κ2) is 10.7. The maximum Gasteiger partial charge on any atom is 0.276 e. The molecule has 0 fully saturated rings. The van der Waals surface area contributed by atoms with Crippen molar-refractivity contribution in [2.75, 3.05) is 13.2 Å². The minimum atomic E-state index is -0.483. The van der Waals surface area contributed by atoms with Crippen molar-refractivity contribution in [2.45, 2.75) is 52.4 Å². The first-order valence-electron chi connectivity index (χ1n) is 11.5. The molecule has 0 aliphatic carbocycles. The van der Waals surface area contributed by atoms with Crippen LogP contribution in [0.2, 0.25) is 0 Å². The Kier molecular flexibility index (Phi) is 8.11.